The summed E-state index contributed by atoms with van der Waals surface area (Å²) in [5.74, 6) is -0.443. The summed E-state index contributed by atoms with van der Waals surface area (Å²) in [5.41, 5.74) is 7.00. The van der Waals surface area contributed by atoms with E-state index in [0.29, 0.717) is 23.7 Å². The van der Waals surface area contributed by atoms with Gasteiger partial charge in [-0.25, -0.2) is 4.98 Å². The summed E-state index contributed by atoms with van der Waals surface area (Å²) in [6.07, 6.45) is 5.26. The number of pyridine rings is 1. The standard InChI is InChI=1S/C18H19N5O2S/c1-22-9-6-13(21-22)18(25)23-8-3-4-11(10-23)14-12-5-2-7-20-17(12)26-15(14)16(19)24/h2,5-7,9,11H,3-4,8,10H2,1H3,(H2,19,24). The molecule has 1 aliphatic heterocycles. The van der Waals surface area contributed by atoms with Crippen molar-refractivity contribution in [1.29, 1.82) is 0 Å². The number of thiophene rings is 1. The summed E-state index contributed by atoms with van der Waals surface area (Å²) in [6, 6.07) is 5.56. The molecule has 1 aliphatic rings. The highest BCUT2D eigenvalue weighted by atomic mass is 32.1. The third kappa shape index (κ3) is 2.86. The number of hydrogen-bond acceptors (Lipinski definition) is 5. The summed E-state index contributed by atoms with van der Waals surface area (Å²) < 4.78 is 1.62. The Morgan fingerprint density at radius 2 is 2.19 bits per heavy atom. The van der Waals surface area contributed by atoms with Crippen LogP contribution in [0, 0.1) is 0 Å². The molecular weight excluding hydrogens is 350 g/mol. The number of hydrogen-bond donors (Lipinski definition) is 1. The average molecular weight is 369 g/mol. The molecule has 8 heteroatoms. The lowest BCUT2D eigenvalue weighted by Crippen LogP contribution is -2.39. The molecule has 0 aliphatic carbocycles. The topological polar surface area (TPSA) is 94.1 Å². The number of primary amides is 1. The fourth-order valence-electron chi connectivity index (χ4n) is 3.63. The minimum Gasteiger partial charge on any atom is -0.365 e. The molecule has 0 spiro atoms. The lowest BCUT2D eigenvalue weighted by Gasteiger charge is -2.32. The summed E-state index contributed by atoms with van der Waals surface area (Å²) in [4.78, 5) is 32.3. The van der Waals surface area contributed by atoms with Crippen molar-refractivity contribution in [1.82, 2.24) is 19.7 Å². The maximum Gasteiger partial charge on any atom is 0.274 e. The number of aromatic nitrogens is 3. The van der Waals surface area contributed by atoms with Gasteiger partial charge in [0.15, 0.2) is 0 Å². The van der Waals surface area contributed by atoms with Crippen LogP contribution in [0.2, 0.25) is 0 Å². The third-order valence-electron chi connectivity index (χ3n) is 4.78. The highest BCUT2D eigenvalue weighted by Crippen LogP contribution is 2.39. The van der Waals surface area contributed by atoms with E-state index in [1.165, 1.54) is 11.3 Å². The van der Waals surface area contributed by atoms with Gasteiger partial charge in [0.2, 0.25) is 0 Å². The van der Waals surface area contributed by atoms with Gasteiger partial charge < -0.3 is 10.6 Å². The van der Waals surface area contributed by atoms with Crippen LogP contribution in [0.4, 0.5) is 0 Å². The Hall–Kier alpha value is -2.74. The Labute approximate surface area is 154 Å². The fraction of sp³-hybridized carbons (Fsp3) is 0.333. The maximum absolute atomic E-state index is 12.8. The van der Waals surface area contributed by atoms with Crippen LogP contribution in [-0.2, 0) is 7.05 Å². The number of amides is 2. The Kier molecular flexibility index (Phi) is 4.20. The molecule has 1 atom stereocenters. The minimum absolute atomic E-state index is 0.0665. The molecule has 1 fully saturated rings. The van der Waals surface area contributed by atoms with Crippen LogP contribution in [0.3, 0.4) is 0 Å². The molecule has 0 aromatic carbocycles. The van der Waals surface area contributed by atoms with E-state index in [1.54, 1.807) is 30.2 Å². The molecule has 2 amide bonds. The largest absolute Gasteiger partial charge is 0.365 e. The molecule has 3 aromatic heterocycles. The van der Waals surface area contributed by atoms with E-state index in [4.69, 9.17) is 5.73 Å². The first-order valence-electron chi connectivity index (χ1n) is 8.50. The van der Waals surface area contributed by atoms with Gasteiger partial charge in [-0.05, 0) is 30.5 Å². The number of rotatable bonds is 3. The number of nitrogens with two attached hydrogens (primary N) is 1. The fourth-order valence-corrected chi connectivity index (χ4v) is 4.71. The molecule has 4 rings (SSSR count). The number of aryl methyl sites for hydroxylation is 1. The van der Waals surface area contributed by atoms with E-state index >= 15 is 0 Å². The van der Waals surface area contributed by atoms with Crippen molar-refractivity contribution in [2.45, 2.75) is 18.8 Å². The molecule has 0 radical (unpaired) electrons. The zero-order valence-electron chi connectivity index (χ0n) is 14.4. The van der Waals surface area contributed by atoms with E-state index in [0.717, 1.165) is 28.6 Å². The van der Waals surface area contributed by atoms with E-state index < -0.39 is 5.91 Å². The predicted molar refractivity (Wildman–Crippen MR) is 99.2 cm³/mol. The van der Waals surface area contributed by atoms with Crippen molar-refractivity contribution < 1.29 is 9.59 Å². The monoisotopic (exact) mass is 369 g/mol. The highest BCUT2D eigenvalue weighted by Gasteiger charge is 2.31. The van der Waals surface area contributed by atoms with Crippen molar-refractivity contribution in [3.8, 4) is 0 Å². The van der Waals surface area contributed by atoms with Crippen LogP contribution in [0.5, 0.6) is 0 Å². The van der Waals surface area contributed by atoms with Crippen molar-refractivity contribution in [2.24, 2.45) is 12.8 Å². The lowest BCUT2D eigenvalue weighted by molar-refractivity contribution is 0.0700. The average Bonchev–Trinajstić information content (AvgIpc) is 3.25. The first-order valence-corrected chi connectivity index (χ1v) is 9.32. The normalized spacial score (nSPS) is 17.6. The SMILES string of the molecule is Cn1ccc(C(=O)N2CCCC(c3c(C(N)=O)sc4ncccc34)C2)n1. The Balaban J connectivity index is 1.68. The molecule has 3 aromatic rings. The highest BCUT2D eigenvalue weighted by molar-refractivity contribution is 7.20. The number of carbonyl (C=O) groups is 2. The number of likely N-dealkylation sites (tertiary alicyclic amines) is 1. The quantitative estimate of drug-likeness (QED) is 0.765. The molecule has 4 heterocycles. The third-order valence-corrected chi connectivity index (χ3v) is 5.92. The van der Waals surface area contributed by atoms with Crippen molar-refractivity contribution in [2.75, 3.05) is 13.1 Å². The van der Waals surface area contributed by atoms with Crippen LogP contribution in [0.1, 0.15) is 44.5 Å². The first-order chi connectivity index (χ1) is 12.5. The Bertz CT molecular complexity index is 993. The molecule has 134 valence electrons. The molecule has 7 nitrogen and oxygen atoms in total. The molecule has 1 saturated heterocycles. The van der Waals surface area contributed by atoms with Crippen LogP contribution in [0.25, 0.3) is 10.2 Å². The van der Waals surface area contributed by atoms with Gasteiger partial charge in [0.1, 0.15) is 10.5 Å². The van der Waals surface area contributed by atoms with E-state index in [1.807, 2.05) is 17.0 Å². The zero-order valence-corrected chi connectivity index (χ0v) is 15.2. The van der Waals surface area contributed by atoms with Gasteiger partial charge in [-0.15, -0.1) is 11.3 Å². The Morgan fingerprint density at radius 3 is 2.92 bits per heavy atom. The molecule has 1 unspecified atom stereocenters. The van der Waals surface area contributed by atoms with Crippen molar-refractivity contribution in [3.63, 3.8) is 0 Å². The molecule has 0 bridgehead atoms. The van der Waals surface area contributed by atoms with Gasteiger partial charge in [0, 0.05) is 43.8 Å². The second kappa shape index (κ2) is 6.53. The zero-order chi connectivity index (χ0) is 18.3. The van der Waals surface area contributed by atoms with Crippen molar-refractivity contribution in [3.05, 3.63) is 46.7 Å². The van der Waals surface area contributed by atoms with Gasteiger partial charge in [-0.1, -0.05) is 6.07 Å². The molecule has 26 heavy (non-hydrogen) atoms. The smallest absolute Gasteiger partial charge is 0.274 e. The maximum atomic E-state index is 12.8. The van der Waals surface area contributed by atoms with E-state index in [9.17, 15) is 9.59 Å². The van der Waals surface area contributed by atoms with E-state index in [2.05, 4.69) is 10.1 Å². The lowest BCUT2D eigenvalue weighted by atomic mass is 9.88. The second-order valence-electron chi connectivity index (χ2n) is 6.53. The van der Waals surface area contributed by atoms with Gasteiger partial charge in [0.05, 0.1) is 4.88 Å². The summed E-state index contributed by atoms with van der Waals surface area (Å²) in [6.45, 7) is 1.24. The summed E-state index contributed by atoms with van der Waals surface area (Å²) in [5, 5.41) is 5.17. The second-order valence-corrected chi connectivity index (χ2v) is 7.53. The van der Waals surface area contributed by atoms with Crippen LogP contribution < -0.4 is 5.73 Å². The van der Waals surface area contributed by atoms with Crippen LogP contribution in [-0.4, -0.2) is 44.6 Å². The van der Waals surface area contributed by atoms with E-state index in [-0.39, 0.29) is 11.8 Å². The molecule has 2 N–H and O–H groups in total. The molecular formula is C18H19N5O2S. The van der Waals surface area contributed by atoms with Gasteiger partial charge in [-0.2, -0.15) is 5.10 Å². The van der Waals surface area contributed by atoms with Gasteiger partial charge >= 0.3 is 0 Å². The summed E-state index contributed by atoms with van der Waals surface area (Å²) in [7, 11) is 1.79. The number of carbonyl (C=O) groups excluding carboxylic acids is 2. The van der Waals surface area contributed by atoms with Crippen molar-refractivity contribution >= 4 is 33.4 Å². The Morgan fingerprint density at radius 1 is 1.35 bits per heavy atom. The minimum atomic E-state index is -0.434. The van der Waals surface area contributed by atoms with Gasteiger partial charge in [-0.3, -0.25) is 14.3 Å². The first kappa shape index (κ1) is 16.7. The summed E-state index contributed by atoms with van der Waals surface area (Å²) >= 11 is 1.33. The van der Waals surface area contributed by atoms with Crippen LogP contribution >= 0.6 is 11.3 Å². The number of piperidine rings is 1. The predicted octanol–water partition coefficient (Wildman–Crippen LogP) is 2.15. The number of nitrogens with zero attached hydrogens (tertiary/aromatic N) is 4. The van der Waals surface area contributed by atoms with Gasteiger partial charge in [0.25, 0.3) is 11.8 Å². The molecule has 0 saturated carbocycles. The number of fused-ring (bicyclic) bond motifs is 1. The van der Waals surface area contributed by atoms with Crippen LogP contribution in [0.15, 0.2) is 30.6 Å².